The molecule has 0 spiro atoms. The van der Waals surface area contributed by atoms with Gasteiger partial charge in [0.2, 0.25) is 11.8 Å². The third-order valence-electron chi connectivity index (χ3n) is 8.43. The lowest BCUT2D eigenvalue weighted by Gasteiger charge is -2.21. The van der Waals surface area contributed by atoms with Gasteiger partial charge in [0.15, 0.2) is 5.82 Å². The summed E-state index contributed by atoms with van der Waals surface area (Å²) in [6.45, 7) is 1.20. The maximum absolute atomic E-state index is 15.4. The summed E-state index contributed by atoms with van der Waals surface area (Å²) < 4.78 is 43.7. The lowest BCUT2D eigenvalue weighted by atomic mass is 10.0. The van der Waals surface area contributed by atoms with Gasteiger partial charge < -0.3 is 10.4 Å². The fourth-order valence-electron chi connectivity index (χ4n) is 6.13. The molecule has 7 rings (SSSR count). The first-order valence-corrected chi connectivity index (χ1v) is 16.3. The third-order valence-corrected chi connectivity index (χ3v) is 9.81. The van der Waals surface area contributed by atoms with Gasteiger partial charge in [0.25, 0.3) is 11.8 Å². The topological polar surface area (TPSA) is 180 Å². The monoisotopic (exact) mass is 670 g/mol. The van der Waals surface area contributed by atoms with Crippen molar-refractivity contribution in [1.82, 2.24) is 19.8 Å². The largest absolute Gasteiger partial charge is 0.506 e. The normalized spacial score (nSPS) is 17.5. The number of nitrogens with zero attached hydrogens (tertiary/aromatic N) is 3. The first-order chi connectivity index (χ1) is 22.9. The van der Waals surface area contributed by atoms with E-state index in [-0.39, 0.29) is 41.3 Å². The van der Waals surface area contributed by atoms with Crippen LogP contribution in [-0.2, 0) is 35.8 Å². The Balaban J connectivity index is 1.05. The number of phenols is 1. The number of piperidine rings is 1. The molecule has 2 aliphatic heterocycles. The van der Waals surface area contributed by atoms with Crippen LogP contribution >= 0.6 is 0 Å². The van der Waals surface area contributed by atoms with Gasteiger partial charge in [-0.05, 0) is 71.8 Å². The molecule has 1 atom stereocenters. The van der Waals surface area contributed by atoms with Crippen LogP contribution in [0, 0.1) is 12.7 Å². The zero-order valence-corrected chi connectivity index (χ0v) is 26.1. The molecule has 0 saturated carbocycles. The van der Waals surface area contributed by atoms with Crippen molar-refractivity contribution >= 4 is 66.9 Å². The number of fused-ring (bicyclic) bond motifs is 2. The molecule has 1 unspecified atom stereocenters. The SMILES string of the molecule is Cc1nn(C2CCC(=O)NC2=O)c2ccc(-c3ccc(CC(=O)Nc4ccc5c(F)c(N6CC(=O)NS6(=O)=O)c(O)cc5c4)cc3)cc12. The maximum atomic E-state index is 15.4. The molecule has 4 N–H and O–H groups in total. The number of aromatic nitrogens is 2. The van der Waals surface area contributed by atoms with E-state index in [0.29, 0.717) is 16.4 Å². The number of hydrogen-bond donors (Lipinski definition) is 4. The number of rotatable bonds is 6. The van der Waals surface area contributed by atoms with Gasteiger partial charge in [0.1, 0.15) is 24.0 Å². The Morgan fingerprint density at radius 2 is 1.75 bits per heavy atom. The average Bonchev–Trinajstić information content (AvgIpc) is 3.50. The molecule has 2 fully saturated rings. The van der Waals surface area contributed by atoms with Gasteiger partial charge in [0, 0.05) is 22.9 Å². The van der Waals surface area contributed by atoms with Crippen LogP contribution in [0.3, 0.4) is 0 Å². The molecular formula is C33H27FN6O7S. The van der Waals surface area contributed by atoms with Gasteiger partial charge in [-0.15, -0.1) is 0 Å². The van der Waals surface area contributed by atoms with Gasteiger partial charge in [-0.3, -0.25) is 29.2 Å². The van der Waals surface area contributed by atoms with Crippen LogP contribution in [0.15, 0.2) is 66.7 Å². The van der Waals surface area contributed by atoms with Crippen LogP contribution in [0.1, 0.15) is 30.1 Å². The summed E-state index contributed by atoms with van der Waals surface area (Å²) in [6.07, 6.45) is 0.684. The molecule has 4 amide bonds. The molecule has 5 aromatic rings. The minimum absolute atomic E-state index is 0.0114. The van der Waals surface area contributed by atoms with Crippen LogP contribution in [0.4, 0.5) is 15.8 Å². The molecular weight excluding hydrogens is 643 g/mol. The van der Waals surface area contributed by atoms with Crippen LogP contribution in [0.2, 0.25) is 0 Å². The number of imide groups is 1. The standard InChI is InChI=1S/C33H27FN6O7S/c1-17-24-14-20(6-9-25(24)40(37-17)26-10-11-28(42)36-33(26)45)19-4-2-18(3-5-19)12-29(43)35-22-7-8-23-21(13-22)15-27(41)32(31(23)34)39-16-30(44)38-48(39,46)47/h2-9,13-15,26,41H,10-12,16H2,1H3,(H,35,43)(H,38,44)(H,36,42,45). The number of phenolic OH excluding ortho intramolecular Hbond substituents is 1. The summed E-state index contributed by atoms with van der Waals surface area (Å²) in [5, 5.41) is 21.3. The van der Waals surface area contributed by atoms with E-state index in [1.807, 2.05) is 49.4 Å². The summed E-state index contributed by atoms with van der Waals surface area (Å²) in [4.78, 5) is 48.5. The third kappa shape index (κ3) is 5.47. The highest BCUT2D eigenvalue weighted by Gasteiger charge is 2.38. The van der Waals surface area contributed by atoms with E-state index >= 15 is 4.39 Å². The van der Waals surface area contributed by atoms with E-state index in [1.165, 1.54) is 24.3 Å². The fourth-order valence-corrected chi connectivity index (χ4v) is 7.30. The quantitative estimate of drug-likeness (QED) is 0.199. The summed E-state index contributed by atoms with van der Waals surface area (Å²) in [6, 6.07) is 18.1. The Morgan fingerprint density at radius 3 is 2.46 bits per heavy atom. The zero-order valence-electron chi connectivity index (χ0n) is 25.3. The van der Waals surface area contributed by atoms with Crippen molar-refractivity contribution in [2.75, 3.05) is 16.2 Å². The number of aromatic hydroxyl groups is 1. The Kier molecular flexibility index (Phi) is 7.35. The molecule has 1 aromatic heterocycles. The first kappa shape index (κ1) is 30.8. The minimum Gasteiger partial charge on any atom is -0.506 e. The summed E-state index contributed by atoms with van der Waals surface area (Å²) in [5.41, 5.74) is 3.81. The Labute approximate surface area is 272 Å². The van der Waals surface area contributed by atoms with Gasteiger partial charge in [-0.25, -0.2) is 13.4 Å². The van der Waals surface area contributed by atoms with Crippen LogP contribution in [-0.4, -0.2) is 53.5 Å². The summed E-state index contributed by atoms with van der Waals surface area (Å²) in [7, 11) is -4.34. The van der Waals surface area contributed by atoms with Crippen LogP contribution < -0.4 is 19.7 Å². The van der Waals surface area contributed by atoms with E-state index in [0.717, 1.165) is 33.3 Å². The number of aryl methyl sites for hydroxylation is 1. The van der Waals surface area contributed by atoms with E-state index in [9.17, 15) is 32.7 Å². The van der Waals surface area contributed by atoms with Crippen molar-refractivity contribution in [3.63, 3.8) is 0 Å². The number of benzene rings is 4. The maximum Gasteiger partial charge on any atom is 0.326 e. The van der Waals surface area contributed by atoms with Crippen molar-refractivity contribution in [2.24, 2.45) is 0 Å². The highest BCUT2D eigenvalue weighted by molar-refractivity contribution is 7.92. The molecule has 4 aromatic carbocycles. The number of hydrogen-bond acceptors (Lipinski definition) is 8. The predicted molar refractivity (Wildman–Crippen MR) is 174 cm³/mol. The fraction of sp³-hybridized carbons (Fsp3) is 0.182. The molecule has 244 valence electrons. The Morgan fingerprint density at radius 1 is 1.00 bits per heavy atom. The van der Waals surface area contributed by atoms with E-state index < -0.39 is 46.0 Å². The predicted octanol–water partition coefficient (Wildman–Crippen LogP) is 3.35. The Bertz CT molecular complexity index is 2320. The highest BCUT2D eigenvalue weighted by atomic mass is 32.2. The molecule has 3 heterocycles. The lowest BCUT2D eigenvalue weighted by Crippen LogP contribution is -2.42. The van der Waals surface area contributed by atoms with Gasteiger partial charge >= 0.3 is 10.2 Å². The summed E-state index contributed by atoms with van der Waals surface area (Å²) >= 11 is 0. The van der Waals surface area contributed by atoms with E-state index in [2.05, 4.69) is 15.7 Å². The minimum atomic E-state index is -4.34. The molecule has 13 nitrogen and oxygen atoms in total. The molecule has 0 radical (unpaired) electrons. The van der Waals surface area contributed by atoms with Crippen molar-refractivity contribution in [1.29, 1.82) is 0 Å². The highest BCUT2D eigenvalue weighted by Crippen LogP contribution is 2.39. The summed E-state index contributed by atoms with van der Waals surface area (Å²) in [5.74, 6) is -3.55. The average molecular weight is 671 g/mol. The first-order valence-electron chi connectivity index (χ1n) is 14.9. The second-order valence-electron chi connectivity index (χ2n) is 11.7. The van der Waals surface area contributed by atoms with Gasteiger partial charge in [-0.2, -0.15) is 13.5 Å². The number of carbonyl (C=O) groups excluding carboxylic acids is 4. The number of anilines is 2. The number of nitrogens with one attached hydrogen (secondary N) is 3. The number of halogens is 1. The van der Waals surface area contributed by atoms with Crippen molar-refractivity contribution in [3.8, 4) is 16.9 Å². The van der Waals surface area contributed by atoms with Gasteiger partial charge in [0.05, 0.1) is 17.6 Å². The lowest BCUT2D eigenvalue weighted by molar-refractivity contribution is -0.136. The smallest absolute Gasteiger partial charge is 0.326 e. The Hall–Kier alpha value is -5.83. The molecule has 0 aliphatic carbocycles. The van der Waals surface area contributed by atoms with Crippen molar-refractivity contribution < 1.29 is 37.1 Å². The van der Waals surface area contributed by atoms with E-state index in [1.54, 1.807) is 9.40 Å². The van der Waals surface area contributed by atoms with Crippen molar-refractivity contribution in [3.05, 3.63) is 83.8 Å². The molecule has 2 aliphatic rings. The zero-order chi connectivity index (χ0) is 33.9. The van der Waals surface area contributed by atoms with Crippen LogP contribution in [0.25, 0.3) is 32.8 Å². The molecule has 15 heteroatoms. The number of amides is 4. The molecule has 48 heavy (non-hydrogen) atoms. The molecule has 0 bridgehead atoms. The van der Waals surface area contributed by atoms with Crippen LogP contribution in [0.5, 0.6) is 5.75 Å². The second-order valence-corrected chi connectivity index (χ2v) is 13.3. The second kappa shape index (κ2) is 11.5. The molecule has 2 saturated heterocycles. The van der Waals surface area contributed by atoms with Crippen molar-refractivity contribution in [2.45, 2.75) is 32.2 Å². The van der Waals surface area contributed by atoms with E-state index in [4.69, 9.17) is 0 Å². The van der Waals surface area contributed by atoms with Gasteiger partial charge in [-0.1, -0.05) is 30.3 Å². The number of carbonyl (C=O) groups is 4.